The van der Waals surface area contributed by atoms with E-state index >= 15 is 0 Å². The molecule has 0 fully saturated rings. The van der Waals surface area contributed by atoms with Crippen molar-refractivity contribution in [2.75, 3.05) is 13.7 Å². The Bertz CT molecular complexity index is 410. The molecule has 0 aromatic heterocycles. The number of hydrogen-bond donors (Lipinski definition) is 1. The highest BCUT2D eigenvalue weighted by Gasteiger charge is 2.35. The molecule has 1 aliphatic rings. The fourth-order valence-electron chi connectivity index (χ4n) is 2.26. The molecule has 1 unspecified atom stereocenters. The number of nitrogens with two attached hydrogens (primary N) is 1. The number of halogens is 1. The predicted octanol–water partition coefficient (Wildman–Crippen LogP) is 2.92. The first-order chi connectivity index (χ1) is 8.04. The van der Waals surface area contributed by atoms with Gasteiger partial charge in [-0.05, 0) is 25.1 Å². The van der Waals surface area contributed by atoms with E-state index in [1.165, 1.54) is 0 Å². The summed E-state index contributed by atoms with van der Waals surface area (Å²) in [6.07, 6.45) is 1.61. The highest BCUT2D eigenvalue weighted by molar-refractivity contribution is 6.30. The van der Waals surface area contributed by atoms with Gasteiger partial charge < -0.3 is 15.2 Å². The van der Waals surface area contributed by atoms with Crippen LogP contribution in [-0.4, -0.2) is 19.3 Å². The van der Waals surface area contributed by atoms with Gasteiger partial charge >= 0.3 is 0 Å². The number of benzene rings is 1. The average Bonchev–Trinajstić information content (AvgIpc) is 2.28. The van der Waals surface area contributed by atoms with Crippen molar-refractivity contribution >= 4 is 11.6 Å². The van der Waals surface area contributed by atoms with Gasteiger partial charge in [0.25, 0.3) is 0 Å². The van der Waals surface area contributed by atoms with Gasteiger partial charge in [-0.15, -0.1) is 0 Å². The lowest BCUT2D eigenvalue weighted by molar-refractivity contribution is 0.0215. The summed E-state index contributed by atoms with van der Waals surface area (Å²) in [5, 5.41) is 0.697. The number of methoxy groups -OCH3 is 1. The Morgan fingerprint density at radius 2 is 2.35 bits per heavy atom. The Hall–Kier alpha value is -0.770. The number of rotatable bonds is 3. The molecule has 0 aliphatic carbocycles. The predicted molar refractivity (Wildman–Crippen MR) is 68.5 cm³/mol. The second kappa shape index (κ2) is 4.84. The molecule has 4 heteroatoms. The maximum atomic E-state index is 6.18. The fraction of sp³-hybridized carbons (Fsp3) is 0.538. The lowest BCUT2D eigenvalue weighted by Gasteiger charge is -2.38. The van der Waals surface area contributed by atoms with Crippen LogP contribution < -0.4 is 10.5 Å². The molecular formula is C13H18ClNO2. The van der Waals surface area contributed by atoms with Crippen molar-refractivity contribution in [3.8, 4) is 5.75 Å². The Morgan fingerprint density at radius 1 is 1.59 bits per heavy atom. The van der Waals surface area contributed by atoms with Crippen molar-refractivity contribution in [3.05, 3.63) is 28.8 Å². The molecule has 94 valence electrons. The second-order valence-electron chi connectivity index (χ2n) is 4.79. The maximum absolute atomic E-state index is 6.18. The summed E-state index contributed by atoms with van der Waals surface area (Å²) in [6.45, 7) is 2.75. The summed E-state index contributed by atoms with van der Waals surface area (Å²) < 4.78 is 11.1. The van der Waals surface area contributed by atoms with Gasteiger partial charge in [0, 0.05) is 43.2 Å². The molecule has 2 N–H and O–H groups in total. The minimum absolute atomic E-state index is 0.0284. The van der Waals surface area contributed by atoms with Crippen LogP contribution in [0.3, 0.4) is 0 Å². The van der Waals surface area contributed by atoms with E-state index in [0.717, 1.165) is 24.2 Å². The van der Waals surface area contributed by atoms with Crippen molar-refractivity contribution in [2.24, 2.45) is 5.73 Å². The molecule has 0 saturated carbocycles. The topological polar surface area (TPSA) is 44.5 Å². The Morgan fingerprint density at radius 3 is 3.06 bits per heavy atom. The molecule has 2 atom stereocenters. The van der Waals surface area contributed by atoms with E-state index < -0.39 is 0 Å². The van der Waals surface area contributed by atoms with Gasteiger partial charge in [0.1, 0.15) is 11.4 Å². The molecule has 2 rings (SSSR count). The van der Waals surface area contributed by atoms with Crippen LogP contribution in [0, 0.1) is 0 Å². The minimum atomic E-state index is -0.254. The molecule has 1 aromatic rings. The first-order valence-electron chi connectivity index (χ1n) is 5.77. The summed E-state index contributed by atoms with van der Waals surface area (Å²) in [5.74, 6) is 0.840. The third kappa shape index (κ3) is 2.73. The molecule has 1 aromatic carbocycles. The van der Waals surface area contributed by atoms with Crippen molar-refractivity contribution in [3.63, 3.8) is 0 Å². The van der Waals surface area contributed by atoms with E-state index in [9.17, 15) is 0 Å². The van der Waals surface area contributed by atoms with Crippen LogP contribution in [0.15, 0.2) is 18.2 Å². The standard InChI is InChI=1S/C13H18ClNO2/c1-13(5-6-16-2)8-11(15)10-7-9(14)3-4-12(10)17-13/h3-4,7,11H,5-6,8,15H2,1-2H3/t11-,13?/m1/s1. The molecule has 0 bridgehead atoms. The van der Waals surface area contributed by atoms with Crippen LogP contribution in [0.1, 0.15) is 31.4 Å². The quantitative estimate of drug-likeness (QED) is 0.903. The third-order valence-electron chi connectivity index (χ3n) is 3.21. The van der Waals surface area contributed by atoms with Crippen LogP contribution in [0.4, 0.5) is 0 Å². The van der Waals surface area contributed by atoms with Gasteiger partial charge in [-0.25, -0.2) is 0 Å². The van der Waals surface area contributed by atoms with Crippen LogP contribution in [0.5, 0.6) is 5.75 Å². The van der Waals surface area contributed by atoms with Crippen molar-refractivity contribution in [1.82, 2.24) is 0 Å². The van der Waals surface area contributed by atoms with E-state index in [1.54, 1.807) is 7.11 Å². The monoisotopic (exact) mass is 255 g/mol. The molecule has 0 spiro atoms. The van der Waals surface area contributed by atoms with Gasteiger partial charge in [0.05, 0.1) is 0 Å². The van der Waals surface area contributed by atoms with Gasteiger partial charge in [-0.3, -0.25) is 0 Å². The normalized spacial score (nSPS) is 27.4. The Labute approximate surface area is 107 Å². The third-order valence-corrected chi connectivity index (χ3v) is 3.45. The number of fused-ring (bicyclic) bond motifs is 1. The van der Waals surface area contributed by atoms with Crippen LogP contribution in [-0.2, 0) is 4.74 Å². The van der Waals surface area contributed by atoms with E-state index in [4.69, 9.17) is 26.8 Å². The molecular weight excluding hydrogens is 238 g/mol. The first-order valence-corrected chi connectivity index (χ1v) is 6.15. The molecule has 1 heterocycles. The molecule has 0 saturated heterocycles. The zero-order chi connectivity index (χ0) is 12.5. The van der Waals surface area contributed by atoms with E-state index in [1.807, 2.05) is 18.2 Å². The second-order valence-corrected chi connectivity index (χ2v) is 5.22. The van der Waals surface area contributed by atoms with Crippen LogP contribution >= 0.6 is 11.6 Å². The summed E-state index contributed by atoms with van der Waals surface area (Å²) in [6, 6.07) is 5.58. The highest BCUT2D eigenvalue weighted by Crippen LogP contribution is 2.40. The van der Waals surface area contributed by atoms with Crippen LogP contribution in [0.2, 0.25) is 5.02 Å². The van der Waals surface area contributed by atoms with E-state index in [-0.39, 0.29) is 11.6 Å². The van der Waals surface area contributed by atoms with Gasteiger partial charge in [-0.1, -0.05) is 11.6 Å². The van der Waals surface area contributed by atoms with Gasteiger partial charge in [-0.2, -0.15) is 0 Å². The van der Waals surface area contributed by atoms with Gasteiger partial charge in [0.2, 0.25) is 0 Å². The molecule has 0 amide bonds. The Kier molecular flexibility index (Phi) is 3.61. The largest absolute Gasteiger partial charge is 0.487 e. The lowest BCUT2D eigenvalue weighted by Crippen LogP contribution is -2.41. The summed E-state index contributed by atoms with van der Waals surface area (Å²) >= 11 is 5.97. The van der Waals surface area contributed by atoms with Crippen molar-refractivity contribution in [2.45, 2.75) is 31.4 Å². The Balaban J connectivity index is 2.23. The number of ether oxygens (including phenoxy) is 2. The van der Waals surface area contributed by atoms with E-state index in [0.29, 0.717) is 11.6 Å². The zero-order valence-electron chi connectivity index (χ0n) is 10.2. The maximum Gasteiger partial charge on any atom is 0.125 e. The molecule has 17 heavy (non-hydrogen) atoms. The minimum Gasteiger partial charge on any atom is -0.487 e. The zero-order valence-corrected chi connectivity index (χ0v) is 11.0. The highest BCUT2D eigenvalue weighted by atomic mass is 35.5. The SMILES string of the molecule is COCCC1(C)C[C@@H](N)c2cc(Cl)ccc2O1. The molecule has 1 aliphatic heterocycles. The fourth-order valence-corrected chi connectivity index (χ4v) is 2.44. The van der Waals surface area contributed by atoms with E-state index in [2.05, 4.69) is 6.92 Å². The molecule has 0 radical (unpaired) electrons. The first kappa shape index (κ1) is 12.7. The van der Waals surface area contributed by atoms with Crippen molar-refractivity contribution < 1.29 is 9.47 Å². The average molecular weight is 256 g/mol. The summed E-state index contributed by atoms with van der Waals surface area (Å²) in [7, 11) is 1.69. The summed E-state index contributed by atoms with van der Waals surface area (Å²) in [4.78, 5) is 0. The lowest BCUT2D eigenvalue weighted by atomic mass is 9.87. The molecule has 3 nitrogen and oxygen atoms in total. The summed E-state index contributed by atoms with van der Waals surface area (Å²) in [5.41, 5.74) is 6.92. The van der Waals surface area contributed by atoms with Gasteiger partial charge in [0.15, 0.2) is 0 Å². The number of hydrogen-bond acceptors (Lipinski definition) is 3. The smallest absolute Gasteiger partial charge is 0.125 e. The van der Waals surface area contributed by atoms with Crippen LogP contribution in [0.25, 0.3) is 0 Å². The van der Waals surface area contributed by atoms with Crippen molar-refractivity contribution in [1.29, 1.82) is 0 Å².